The molecule has 4 amide bonds. The highest BCUT2D eigenvalue weighted by molar-refractivity contribution is 5.94. The van der Waals surface area contributed by atoms with Gasteiger partial charge in [0.2, 0.25) is 11.8 Å². The second kappa shape index (κ2) is 10.9. The Balaban J connectivity index is 1.43. The number of carbonyl (C=O) groups is 4. The summed E-state index contributed by atoms with van der Waals surface area (Å²) in [4.78, 5) is 53.9. The lowest BCUT2D eigenvalue weighted by molar-refractivity contribution is -0.146. The molecule has 0 spiro atoms. The Labute approximate surface area is 203 Å². The average Bonchev–Trinajstić information content (AvgIpc) is 3.22. The van der Waals surface area contributed by atoms with Crippen molar-refractivity contribution in [2.45, 2.75) is 44.2 Å². The highest BCUT2D eigenvalue weighted by Gasteiger charge is 2.52. The summed E-state index contributed by atoms with van der Waals surface area (Å²) in [6.07, 6.45) is -1.68. The molecular weight excluding hydrogens is 452 g/mol. The molecule has 2 aromatic carbocycles. The summed E-state index contributed by atoms with van der Waals surface area (Å²) in [5.74, 6) is -0.760. The van der Waals surface area contributed by atoms with Crippen LogP contribution in [0.15, 0.2) is 60.7 Å². The van der Waals surface area contributed by atoms with Crippen LogP contribution in [0, 0.1) is 0 Å². The molecule has 0 bridgehead atoms. The Morgan fingerprint density at radius 3 is 2.31 bits per heavy atom. The SMILES string of the molecule is COC(=O)N1CC[C@@H](C(=O)NCc2ccccc2)N2C(=O)[C@@H](NC(=O)OCc3ccccc3)CC12. The van der Waals surface area contributed by atoms with E-state index in [2.05, 4.69) is 10.6 Å². The zero-order valence-electron chi connectivity index (χ0n) is 19.4. The summed E-state index contributed by atoms with van der Waals surface area (Å²) in [5, 5.41) is 5.46. The molecule has 2 aromatic rings. The predicted molar refractivity (Wildman–Crippen MR) is 125 cm³/mol. The van der Waals surface area contributed by atoms with Crippen LogP contribution < -0.4 is 10.6 Å². The number of methoxy groups -OCH3 is 1. The van der Waals surface area contributed by atoms with Gasteiger partial charge >= 0.3 is 12.2 Å². The van der Waals surface area contributed by atoms with Crippen molar-refractivity contribution < 1.29 is 28.7 Å². The van der Waals surface area contributed by atoms with Gasteiger partial charge in [0, 0.05) is 19.5 Å². The van der Waals surface area contributed by atoms with E-state index in [-0.39, 0.29) is 31.9 Å². The number of hydrogen-bond acceptors (Lipinski definition) is 6. The summed E-state index contributed by atoms with van der Waals surface area (Å²) in [6.45, 7) is 0.617. The van der Waals surface area contributed by atoms with Gasteiger partial charge in [-0.3, -0.25) is 14.5 Å². The van der Waals surface area contributed by atoms with Crippen LogP contribution in [0.3, 0.4) is 0 Å². The van der Waals surface area contributed by atoms with Gasteiger partial charge in [-0.25, -0.2) is 9.59 Å². The molecule has 2 aliphatic heterocycles. The Kier molecular flexibility index (Phi) is 7.49. The average molecular weight is 481 g/mol. The summed E-state index contributed by atoms with van der Waals surface area (Å²) in [6, 6.07) is 16.9. The van der Waals surface area contributed by atoms with Gasteiger partial charge in [0.1, 0.15) is 24.9 Å². The molecule has 35 heavy (non-hydrogen) atoms. The Hall–Kier alpha value is -4.08. The van der Waals surface area contributed by atoms with Crippen molar-refractivity contribution in [2.75, 3.05) is 13.7 Å². The monoisotopic (exact) mass is 480 g/mol. The fourth-order valence-electron chi connectivity index (χ4n) is 4.46. The second-order valence-corrected chi connectivity index (χ2v) is 8.39. The molecule has 2 saturated heterocycles. The van der Waals surface area contributed by atoms with Crippen LogP contribution in [-0.4, -0.2) is 65.7 Å². The fourth-order valence-corrected chi connectivity index (χ4v) is 4.46. The molecule has 0 aliphatic carbocycles. The number of nitrogens with one attached hydrogen (secondary N) is 2. The highest BCUT2D eigenvalue weighted by Crippen LogP contribution is 2.31. The van der Waals surface area contributed by atoms with Crippen molar-refractivity contribution in [2.24, 2.45) is 0 Å². The maximum atomic E-state index is 13.3. The number of rotatable bonds is 6. The van der Waals surface area contributed by atoms with E-state index in [1.54, 1.807) is 0 Å². The van der Waals surface area contributed by atoms with Crippen LogP contribution in [0.4, 0.5) is 9.59 Å². The third-order valence-corrected chi connectivity index (χ3v) is 6.19. The minimum atomic E-state index is -0.932. The predicted octanol–water partition coefficient (Wildman–Crippen LogP) is 2.00. The molecule has 2 fully saturated rings. The van der Waals surface area contributed by atoms with Gasteiger partial charge in [-0.2, -0.15) is 0 Å². The van der Waals surface area contributed by atoms with E-state index < -0.39 is 36.3 Å². The number of carbonyl (C=O) groups excluding carboxylic acids is 4. The van der Waals surface area contributed by atoms with E-state index in [0.29, 0.717) is 6.54 Å². The molecule has 1 unspecified atom stereocenters. The third kappa shape index (κ3) is 5.53. The van der Waals surface area contributed by atoms with Gasteiger partial charge < -0.3 is 25.0 Å². The number of amides is 4. The van der Waals surface area contributed by atoms with E-state index >= 15 is 0 Å². The van der Waals surface area contributed by atoms with Crippen LogP contribution >= 0.6 is 0 Å². The van der Waals surface area contributed by atoms with Crippen molar-refractivity contribution in [1.82, 2.24) is 20.4 Å². The molecule has 10 heteroatoms. The summed E-state index contributed by atoms with van der Waals surface area (Å²) in [7, 11) is 1.26. The van der Waals surface area contributed by atoms with Crippen LogP contribution in [0.2, 0.25) is 0 Å². The van der Waals surface area contributed by atoms with Crippen molar-refractivity contribution in [1.29, 1.82) is 0 Å². The van der Waals surface area contributed by atoms with E-state index in [1.807, 2.05) is 60.7 Å². The summed E-state index contributed by atoms with van der Waals surface area (Å²) >= 11 is 0. The first-order valence-electron chi connectivity index (χ1n) is 11.4. The minimum absolute atomic E-state index is 0.0551. The fraction of sp³-hybridized carbons (Fsp3) is 0.360. The van der Waals surface area contributed by atoms with Gasteiger partial charge in [0.15, 0.2) is 0 Å². The molecule has 10 nitrogen and oxygen atoms in total. The van der Waals surface area contributed by atoms with Crippen molar-refractivity contribution >= 4 is 24.0 Å². The first kappa shape index (κ1) is 24.1. The molecule has 2 heterocycles. The van der Waals surface area contributed by atoms with Crippen molar-refractivity contribution in [3.8, 4) is 0 Å². The standard InChI is InChI=1S/C25H28N4O6/c1-34-25(33)28-13-12-20(22(30)26-15-17-8-4-2-5-9-17)29-21(28)14-19(23(29)31)27-24(32)35-16-18-10-6-3-7-11-18/h2-11,19-21H,12-16H2,1H3,(H,26,30)(H,27,32)/t19-,20-,21?/m0/s1. The van der Waals surface area contributed by atoms with Gasteiger partial charge in [0.05, 0.1) is 7.11 Å². The molecule has 0 saturated carbocycles. The van der Waals surface area contributed by atoms with Crippen LogP contribution in [0.5, 0.6) is 0 Å². The van der Waals surface area contributed by atoms with Gasteiger partial charge in [0.25, 0.3) is 0 Å². The smallest absolute Gasteiger partial charge is 0.411 e. The quantitative estimate of drug-likeness (QED) is 0.653. The van der Waals surface area contributed by atoms with Crippen molar-refractivity contribution in [3.63, 3.8) is 0 Å². The molecule has 184 valence electrons. The lowest BCUT2D eigenvalue weighted by Gasteiger charge is -2.43. The highest BCUT2D eigenvalue weighted by atomic mass is 16.6. The molecule has 0 aromatic heterocycles. The summed E-state index contributed by atoms with van der Waals surface area (Å²) in [5.41, 5.74) is 1.74. The van der Waals surface area contributed by atoms with Gasteiger partial charge in [-0.15, -0.1) is 0 Å². The lowest BCUT2D eigenvalue weighted by Crippen LogP contribution is -2.62. The van der Waals surface area contributed by atoms with Crippen LogP contribution in [0.25, 0.3) is 0 Å². The molecule has 0 radical (unpaired) electrons. The Morgan fingerprint density at radius 1 is 1.00 bits per heavy atom. The number of alkyl carbamates (subject to hydrolysis) is 1. The first-order valence-corrected chi connectivity index (χ1v) is 11.4. The number of hydrogen-bond donors (Lipinski definition) is 2. The Bertz CT molecular complexity index is 1060. The number of benzene rings is 2. The van der Waals surface area contributed by atoms with Crippen molar-refractivity contribution in [3.05, 3.63) is 71.8 Å². The lowest BCUT2D eigenvalue weighted by atomic mass is 10.1. The number of ether oxygens (including phenoxy) is 2. The number of nitrogens with zero attached hydrogens (tertiary/aromatic N) is 2. The number of fused-ring (bicyclic) bond motifs is 1. The topological polar surface area (TPSA) is 117 Å². The van der Waals surface area contributed by atoms with E-state index in [9.17, 15) is 19.2 Å². The molecular formula is C25H28N4O6. The normalized spacial score (nSPS) is 21.2. The van der Waals surface area contributed by atoms with Gasteiger partial charge in [-0.05, 0) is 17.5 Å². The van der Waals surface area contributed by atoms with Gasteiger partial charge in [-0.1, -0.05) is 60.7 Å². The third-order valence-electron chi connectivity index (χ3n) is 6.19. The molecule has 2 N–H and O–H groups in total. The van der Waals surface area contributed by atoms with E-state index in [0.717, 1.165) is 11.1 Å². The van der Waals surface area contributed by atoms with Crippen LogP contribution in [0.1, 0.15) is 24.0 Å². The van der Waals surface area contributed by atoms with E-state index in [1.165, 1.54) is 16.9 Å². The first-order chi connectivity index (χ1) is 17.0. The minimum Gasteiger partial charge on any atom is -0.453 e. The molecule has 3 atom stereocenters. The summed E-state index contributed by atoms with van der Waals surface area (Å²) < 4.78 is 10.1. The maximum Gasteiger partial charge on any atom is 0.411 e. The Morgan fingerprint density at radius 2 is 1.66 bits per heavy atom. The van der Waals surface area contributed by atoms with E-state index in [4.69, 9.17) is 9.47 Å². The molecule has 2 aliphatic rings. The maximum absolute atomic E-state index is 13.3. The molecule has 4 rings (SSSR count). The second-order valence-electron chi connectivity index (χ2n) is 8.39. The zero-order valence-corrected chi connectivity index (χ0v) is 19.4. The largest absolute Gasteiger partial charge is 0.453 e. The van der Waals surface area contributed by atoms with Crippen LogP contribution in [-0.2, 0) is 32.2 Å². The zero-order chi connectivity index (χ0) is 24.8.